The van der Waals surface area contributed by atoms with Crippen LogP contribution in [0.4, 0.5) is 5.69 Å². The highest BCUT2D eigenvalue weighted by Gasteiger charge is 2.26. The molecule has 3 aromatic carbocycles. The van der Waals surface area contributed by atoms with Gasteiger partial charge in [0.15, 0.2) is 5.65 Å². The number of pyridine rings is 1. The fourth-order valence-electron chi connectivity index (χ4n) is 7.97. The number of carbonyl (C=O) groups is 2. The van der Waals surface area contributed by atoms with E-state index >= 15 is 0 Å². The number of benzene rings is 3. The molecule has 2 saturated heterocycles. The van der Waals surface area contributed by atoms with Gasteiger partial charge in [0.1, 0.15) is 0 Å². The van der Waals surface area contributed by atoms with E-state index in [1.807, 2.05) is 15.8 Å². The van der Waals surface area contributed by atoms with E-state index < -0.39 is 5.91 Å². The maximum atomic E-state index is 14.7. The van der Waals surface area contributed by atoms with Gasteiger partial charge in [-0.15, -0.1) is 0 Å². The Morgan fingerprint density at radius 1 is 0.945 bits per heavy atom. The minimum atomic E-state index is -0.571. The van der Waals surface area contributed by atoms with Gasteiger partial charge in [0.2, 0.25) is 5.91 Å². The van der Waals surface area contributed by atoms with Gasteiger partial charge >= 0.3 is 0 Å². The van der Waals surface area contributed by atoms with E-state index in [0.717, 1.165) is 102 Å². The lowest BCUT2D eigenvalue weighted by atomic mass is 9.97. The first-order chi connectivity index (χ1) is 26.8. The van der Waals surface area contributed by atoms with Gasteiger partial charge in [0, 0.05) is 74.4 Å². The normalized spacial score (nSPS) is 15.5. The number of nitrogens with two attached hydrogens (primary N) is 1. The number of carbonyl (C=O) groups excluding carboxylic acids is 2. The summed E-state index contributed by atoms with van der Waals surface area (Å²) in [5, 5.41) is 13.0. The highest BCUT2D eigenvalue weighted by Crippen LogP contribution is 2.33. The van der Waals surface area contributed by atoms with Crippen molar-refractivity contribution in [1.29, 1.82) is 0 Å². The molecule has 0 spiro atoms. The Morgan fingerprint density at radius 2 is 1.75 bits per heavy atom. The maximum Gasteiger partial charge on any atom is 0.254 e. The Balaban J connectivity index is 1.27. The number of nitrogens with zero attached hydrogens (tertiary/aromatic N) is 5. The average molecular weight is 743 g/mol. The van der Waals surface area contributed by atoms with Gasteiger partial charge in [-0.2, -0.15) is 5.10 Å². The second kappa shape index (κ2) is 17.6. The number of hydrogen-bond donors (Lipinski definition) is 3. The molecule has 0 radical (unpaired) electrons. The Morgan fingerprint density at radius 3 is 2.55 bits per heavy atom. The summed E-state index contributed by atoms with van der Waals surface area (Å²) in [4.78, 5) is 36.5. The van der Waals surface area contributed by atoms with Gasteiger partial charge in [-0.3, -0.25) is 14.5 Å². The lowest BCUT2D eigenvalue weighted by molar-refractivity contribution is 0.0729. The first-order valence-electron chi connectivity index (χ1n) is 19.8. The minimum absolute atomic E-state index is 0.191. The van der Waals surface area contributed by atoms with Crippen LogP contribution in [0.5, 0.6) is 0 Å². The Bertz CT molecular complexity index is 2130. The first-order valence-corrected chi connectivity index (χ1v) is 19.8. The van der Waals surface area contributed by atoms with Gasteiger partial charge in [-0.05, 0) is 105 Å². The van der Waals surface area contributed by atoms with Gasteiger partial charge in [0.05, 0.1) is 23.8 Å². The van der Waals surface area contributed by atoms with Crippen molar-refractivity contribution in [3.05, 3.63) is 112 Å². The summed E-state index contributed by atoms with van der Waals surface area (Å²) in [5.41, 5.74) is 15.8. The van der Waals surface area contributed by atoms with E-state index in [9.17, 15) is 9.59 Å². The zero-order valence-electron chi connectivity index (χ0n) is 32.4. The topological polar surface area (TPSA) is 131 Å². The number of aryl methyl sites for hydroxylation is 3. The number of nitrogens with one attached hydrogen (secondary N) is 2. The molecule has 0 bridgehead atoms. The van der Waals surface area contributed by atoms with Crippen LogP contribution in [0.3, 0.4) is 0 Å². The molecule has 2 amide bonds. The predicted molar refractivity (Wildman–Crippen MR) is 218 cm³/mol. The molecule has 4 N–H and O–H groups in total. The van der Waals surface area contributed by atoms with Crippen LogP contribution in [-0.2, 0) is 37.3 Å². The molecule has 4 heterocycles. The predicted octanol–water partition coefficient (Wildman–Crippen LogP) is 6.32. The summed E-state index contributed by atoms with van der Waals surface area (Å²) < 4.78 is 7.63. The van der Waals surface area contributed by atoms with Crippen LogP contribution in [-0.4, -0.2) is 81.8 Å². The smallest absolute Gasteiger partial charge is 0.254 e. The number of aromatic nitrogens is 3. The fourth-order valence-corrected chi connectivity index (χ4v) is 7.97. The molecule has 0 atom stereocenters. The third-order valence-electron chi connectivity index (χ3n) is 10.8. The molecule has 5 aromatic rings. The summed E-state index contributed by atoms with van der Waals surface area (Å²) in [5.74, 6) is -0.762. The molecule has 2 aromatic heterocycles. The summed E-state index contributed by atoms with van der Waals surface area (Å²) in [6.45, 7) is 14.2. The van der Waals surface area contributed by atoms with Crippen LogP contribution in [0.25, 0.3) is 22.2 Å². The van der Waals surface area contributed by atoms with E-state index in [1.165, 1.54) is 5.56 Å². The monoisotopic (exact) mass is 742 g/mol. The Hall–Kier alpha value is -5.10. The maximum absolute atomic E-state index is 14.7. The van der Waals surface area contributed by atoms with Crippen LogP contribution in [0.15, 0.2) is 72.9 Å². The molecule has 0 aliphatic carbocycles. The lowest BCUT2D eigenvalue weighted by Gasteiger charge is -2.29. The van der Waals surface area contributed by atoms with Gasteiger partial charge in [-0.1, -0.05) is 48.9 Å². The third-order valence-corrected chi connectivity index (χ3v) is 10.8. The molecule has 2 aliphatic heterocycles. The summed E-state index contributed by atoms with van der Waals surface area (Å²) in [6.07, 6.45) is 5.50. The molecule has 11 heteroatoms. The van der Waals surface area contributed by atoms with Gasteiger partial charge in [-0.25, -0.2) is 9.67 Å². The van der Waals surface area contributed by atoms with Crippen LogP contribution < -0.4 is 16.4 Å². The first kappa shape index (κ1) is 38.2. The van der Waals surface area contributed by atoms with Crippen molar-refractivity contribution < 1.29 is 14.3 Å². The number of fused-ring (bicyclic) bond motifs is 1. The molecule has 55 heavy (non-hydrogen) atoms. The summed E-state index contributed by atoms with van der Waals surface area (Å²) >= 11 is 0. The number of anilines is 1. The molecule has 288 valence electrons. The number of primary amides is 1. The quantitative estimate of drug-likeness (QED) is 0.128. The Labute approximate surface area is 324 Å². The second-order valence-electron chi connectivity index (χ2n) is 14.9. The Kier molecular flexibility index (Phi) is 12.2. The van der Waals surface area contributed by atoms with E-state index in [-0.39, 0.29) is 11.9 Å². The van der Waals surface area contributed by atoms with Crippen LogP contribution in [0.2, 0.25) is 0 Å². The molecule has 2 fully saturated rings. The number of ether oxygens (including phenoxy) is 1. The number of amides is 2. The second-order valence-corrected chi connectivity index (χ2v) is 14.9. The summed E-state index contributed by atoms with van der Waals surface area (Å²) in [6, 6.07) is 22.3. The van der Waals surface area contributed by atoms with Crippen molar-refractivity contribution in [2.24, 2.45) is 5.73 Å². The van der Waals surface area contributed by atoms with Crippen molar-refractivity contribution in [3.8, 4) is 11.1 Å². The van der Waals surface area contributed by atoms with Crippen molar-refractivity contribution >= 4 is 28.5 Å². The van der Waals surface area contributed by atoms with E-state index in [1.54, 1.807) is 24.3 Å². The highest BCUT2D eigenvalue weighted by molar-refractivity contribution is 5.99. The molecule has 11 nitrogen and oxygen atoms in total. The van der Waals surface area contributed by atoms with Gasteiger partial charge < -0.3 is 26.0 Å². The number of rotatable bonds is 13. The minimum Gasteiger partial charge on any atom is -0.381 e. The van der Waals surface area contributed by atoms with Crippen molar-refractivity contribution in [3.63, 3.8) is 0 Å². The largest absolute Gasteiger partial charge is 0.381 e. The van der Waals surface area contributed by atoms with Crippen LogP contribution >= 0.6 is 0 Å². The van der Waals surface area contributed by atoms with E-state index in [0.29, 0.717) is 50.4 Å². The fraction of sp³-hybridized carbons (Fsp3) is 0.409. The SMILES string of the molecule is CCc1nc2c(cnn2CC)c(NC2CCOCC2)c1CN(Cc1cc(C)cc(-c2cccc(CN3CCCNCC3)c2)c1)C(=O)c1cccc(C(N)=O)c1. The van der Waals surface area contributed by atoms with Gasteiger partial charge in [0.25, 0.3) is 5.91 Å². The average Bonchev–Trinajstić information content (AvgIpc) is 3.44. The summed E-state index contributed by atoms with van der Waals surface area (Å²) in [7, 11) is 0. The molecular weight excluding hydrogens is 689 g/mol. The van der Waals surface area contributed by atoms with E-state index in [2.05, 4.69) is 78.8 Å². The number of hydrogen-bond acceptors (Lipinski definition) is 8. The van der Waals surface area contributed by atoms with Crippen LogP contribution in [0, 0.1) is 6.92 Å². The van der Waals surface area contributed by atoms with E-state index in [4.69, 9.17) is 20.6 Å². The molecule has 2 aliphatic rings. The molecule has 0 saturated carbocycles. The zero-order chi connectivity index (χ0) is 38.3. The lowest BCUT2D eigenvalue weighted by Crippen LogP contribution is -2.33. The standard InChI is InChI=1S/C44H54N8O3/c1-4-40-39(41(48-37-13-19-55-20-14-37)38-26-47-52(5-2)43(38)49-40)29-51(44(54)35-12-7-11-34(25-35)42(45)53)28-32-21-30(3)22-36(24-32)33-10-6-9-31(23-33)27-50-17-8-15-46-16-18-50/h6-7,9-12,21-26,37,46H,4-5,8,13-20,27-29H2,1-3H3,(H2,45,53)(H,48,49). The highest BCUT2D eigenvalue weighted by atomic mass is 16.5. The molecular formula is C44H54N8O3. The molecule has 7 rings (SSSR count). The van der Waals surface area contributed by atoms with Crippen LogP contribution in [0.1, 0.15) is 81.8 Å². The van der Waals surface area contributed by atoms with Crippen molar-refractivity contribution in [2.75, 3.05) is 44.7 Å². The van der Waals surface area contributed by atoms with Crippen molar-refractivity contribution in [1.82, 2.24) is 29.9 Å². The third kappa shape index (κ3) is 9.07. The molecule has 0 unspecified atom stereocenters. The zero-order valence-corrected chi connectivity index (χ0v) is 32.4. The van der Waals surface area contributed by atoms with Crippen molar-refractivity contribution in [2.45, 2.75) is 78.7 Å².